The van der Waals surface area contributed by atoms with Crippen molar-refractivity contribution in [2.24, 2.45) is 10.7 Å². The van der Waals surface area contributed by atoms with Gasteiger partial charge in [0.2, 0.25) is 0 Å². The third kappa shape index (κ3) is 4.67. The monoisotopic (exact) mass is 427 g/mol. The molecule has 11 heteroatoms. The first-order chi connectivity index (χ1) is 13.5. The smallest absolute Gasteiger partial charge is 0.367 e. The molecular formula is C17H23ClN5O4P. The van der Waals surface area contributed by atoms with Crippen LogP contribution in [0.3, 0.4) is 0 Å². The van der Waals surface area contributed by atoms with Gasteiger partial charge in [0, 0.05) is 5.56 Å². The fourth-order valence-corrected chi connectivity index (χ4v) is 4.35. The summed E-state index contributed by atoms with van der Waals surface area (Å²) in [5, 5.41) is 2.99. The van der Waals surface area contributed by atoms with Crippen LogP contribution in [0.15, 0.2) is 35.6 Å². The van der Waals surface area contributed by atoms with Crippen LogP contribution >= 0.6 is 19.2 Å². The molecule has 1 unspecified atom stereocenters. The van der Waals surface area contributed by atoms with E-state index in [1.807, 2.05) is 22.8 Å². The van der Waals surface area contributed by atoms with Crippen molar-refractivity contribution in [3.05, 3.63) is 41.9 Å². The maximum atomic E-state index is 12.6. The average Bonchev–Trinajstić information content (AvgIpc) is 3.04. The molecule has 1 atom stereocenters. The van der Waals surface area contributed by atoms with E-state index in [0.717, 1.165) is 5.56 Å². The molecule has 1 aliphatic heterocycles. The normalized spacial score (nSPS) is 16.2. The number of guanidine groups is 1. The van der Waals surface area contributed by atoms with E-state index >= 15 is 0 Å². The topological polar surface area (TPSA) is 113 Å². The quantitative estimate of drug-likeness (QED) is 0.357. The van der Waals surface area contributed by atoms with Crippen molar-refractivity contribution in [3.63, 3.8) is 0 Å². The van der Waals surface area contributed by atoms with Crippen molar-refractivity contribution >= 4 is 31.0 Å². The molecule has 1 aromatic heterocycles. The maximum Gasteiger partial charge on any atom is 0.367 e. The van der Waals surface area contributed by atoms with E-state index in [4.69, 9.17) is 31.1 Å². The number of hydrogen-bond acceptors (Lipinski definition) is 8. The molecule has 0 amide bonds. The molecule has 0 saturated heterocycles. The number of halogens is 1. The Morgan fingerprint density at radius 1 is 1.29 bits per heavy atom. The number of aromatic nitrogens is 2. The second kappa shape index (κ2) is 8.96. The number of anilines is 1. The van der Waals surface area contributed by atoms with Crippen LogP contribution in [0.5, 0.6) is 5.75 Å². The predicted octanol–water partition coefficient (Wildman–Crippen LogP) is 3.51. The number of hydrogen-bond donors (Lipinski definition) is 2. The van der Waals surface area contributed by atoms with Gasteiger partial charge in [-0.05, 0) is 19.9 Å². The first kappa shape index (κ1) is 20.7. The van der Waals surface area contributed by atoms with E-state index in [2.05, 4.69) is 15.3 Å². The van der Waals surface area contributed by atoms with Crippen molar-refractivity contribution in [1.29, 1.82) is 0 Å². The molecule has 0 bridgehead atoms. The summed E-state index contributed by atoms with van der Waals surface area (Å²) in [5.74, 6) is 1.48. The van der Waals surface area contributed by atoms with Crippen LogP contribution < -0.4 is 15.8 Å². The molecule has 28 heavy (non-hydrogen) atoms. The molecule has 2 aromatic rings. The highest BCUT2D eigenvalue weighted by atomic mass is 35.5. The first-order valence-corrected chi connectivity index (χ1v) is 11.0. The third-order valence-electron chi connectivity index (χ3n) is 3.93. The first-order valence-electron chi connectivity index (χ1n) is 8.84. The minimum absolute atomic E-state index is 0.171. The summed E-state index contributed by atoms with van der Waals surface area (Å²) in [6, 6.07) is 7.44. The number of aliphatic imine (C=N–C) groups is 1. The average molecular weight is 428 g/mol. The zero-order chi connectivity index (χ0) is 20.1. The molecule has 1 aliphatic rings. The summed E-state index contributed by atoms with van der Waals surface area (Å²) in [5.41, 5.74) is 6.60. The lowest BCUT2D eigenvalue weighted by Gasteiger charge is -2.20. The van der Waals surface area contributed by atoms with Gasteiger partial charge in [-0.3, -0.25) is 4.57 Å². The number of nitrogens with two attached hydrogens (primary N) is 1. The number of imidazole rings is 1. The van der Waals surface area contributed by atoms with Gasteiger partial charge < -0.3 is 29.4 Å². The molecule has 3 N–H and O–H groups in total. The van der Waals surface area contributed by atoms with Gasteiger partial charge in [0.15, 0.2) is 17.8 Å². The molecule has 1 aromatic carbocycles. The van der Waals surface area contributed by atoms with Crippen molar-refractivity contribution < 1.29 is 18.3 Å². The van der Waals surface area contributed by atoms with E-state index < -0.39 is 13.1 Å². The van der Waals surface area contributed by atoms with E-state index in [1.165, 1.54) is 0 Å². The number of nitrogens with zero attached hydrogens (tertiary/aromatic N) is 3. The number of fused-ring (bicyclic) bond motifs is 1. The Balaban J connectivity index is 1.78. The molecule has 0 saturated carbocycles. The highest BCUT2D eigenvalue weighted by molar-refractivity contribution is 7.53. The predicted molar refractivity (Wildman–Crippen MR) is 108 cm³/mol. The number of alkyl halides is 1. The van der Waals surface area contributed by atoms with Gasteiger partial charge in [-0.15, -0.1) is 0 Å². The van der Waals surface area contributed by atoms with Crippen LogP contribution in [0.4, 0.5) is 5.82 Å². The molecular weight excluding hydrogens is 405 g/mol. The highest BCUT2D eigenvalue weighted by Gasteiger charge is 2.26. The van der Waals surface area contributed by atoms with Crippen molar-refractivity contribution in [3.8, 4) is 5.75 Å². The van der Waals surface area contributed by atoms with Crippen molar-refractivity contribution in [1.82, 2.24) is 9.55 Å². The molecule has 152 valence electrons. The number of rotatable bonds is 9. The Kier molecular flexibility index (Phi) is 6.61. The van der Waals surface area contributed by atoms with Gasteiger partial charge in [-0.1, -0.05) is 29.8 Å². The molecule has 0 aliphatic carbocycles. The van der Waals surface area contributed by atoms with Crippen molar-refractivity contribution in [2.45, 2.75) is 25.9 Å². The van der Waals surface area contributed by atoms with Gasteiger partial charge in [-0.2, -0.15) is 0 Å². The van der Waals surface area contributed by atoms with E-state index in [9.17, 15) is 4.57 Å². The zero-order valence-electron chi connectivity index (χ0n) is 15.7. The summed E-state index contributed by atoms with van der Waals surface area (Å²) in [6.45, 7) is 4.51. The number of benzene rings is 1. The van der Waals surface area contributed by atoms with Crippen LogP contribution in [-0.4, -0.2) is 35.1 Å². The van der Waals surface area contributed by atoms with Gasteiger partial charge in [-0.25, -0.2) is 9.98 Å². The third-order valence-corrected chi connectivity index (χ3v) is 5.99. The van der Waals surface area contributed by atoms with E-state index in [-0.39, 0.29) is 25.5 Å². The summed E-state index contributed by atoms with van der Waals surface area (Å²) < 4.78 is 30.9. The lowest BCUT2D eigenvalue weighted by Crippen LogP contribution is -2.28. The van der Waals surface area contributed by atoms with Gasteiger partial charge >= 0.3 is 7.60 Å². The van der Waals surface area contributed by atoms with Crippen LogP contribution in [0.1, 0.15) is 30.6 Å². The summed E-state index contributed by atoms with van der Waals surface area (Å²) in [7, 11) is -3.31. The van der Waals surface area contributed by atoms with Gasteiger partial charge in [0.1, 0.15) is 17.3 Å². The molecule has 0 fully saturated rings. The Labute approximate surface area is 168 Å². The fraction of sp³-hybridized carbons (Fsp3) is 0.412. The minimum atomic E-state index is -3.31. The standard InChI is InChI=1S/C17H23ClN5O4P/c1-3-26-28(24,27-4-2)11-25-13-8-6-5-7-12(13)9-23-10-20-14-15(18)21-17(19)22-16(14)23/h5-8,10,15H,3-4,9,11H2,1-2H3,(H3,19,21,22). The van der Waals surface area contributed by atoms with Crippen molar-refractivity contribution in [2.75, 3.05) is 24.9 Å². The Hall–Kier alpha value is -2.06. The van der Waals surface area contributed by atoms with Gasteiger partial charge in [0.25, 0.3) is 0 Å². The van der Waals surface area contributed by atoms with Crippen LogP contribution in [0.2, 0.25) is 0 Å². The minimum Gasteiger partial charge on any atom is -0.481 e. The molecule has 3 rings (SSSR count). The highest BCUT2D eigenvalue weighted by Crippen LogP contribution is 2.48. The maximum absolute atomic E-state index is 12.6. The lowest BCUT2D eigenvalue weighted by molar-refractivity contribution is 0.196. The second-order valence-corrected chi connectivity index (χ2v) is 8.32. The molecule has 0 spiro atoms. The molecule has 2 heterocycles. The lowest BCUT2D eigenvalue weighted by atomic mass is 10.2. The van der Waals surface area contributed by atoms with Crippen LogP contribution in [0, 0.1) is 0 Å². The Morgan fingerprint density at radius 2 is 2.00 bits per heavy atom. The second-order valence-electron chi connectivity index (χ2n) is 5.91. The van der Waals surface area contributed by atoms with Crippen LogP contribution in [0.25, 0.3) is 0 Å². The summed E-state index contributed by atoms with van der Waals surface area (Å²) in [4.78, 5) is 8.36. The largest absolute Gasteiger partial charge is 0.481 e. The van der Waals surface area contributed by atoms with E-state index in [1.54, 1.807) is 26.2 Å². The summed E-state index contributed by atoms with van der Waals surface area (Å²) >= 11 is 6.18. The SMILES string of the molecule is CCOP(=O)(COc1ccccc1Cn1cnc2c1NC(N)=NC2Cl)OCC. The number of ether oxygens (including phenoxy) is 1. The van der Waals surface area contributed by atoms with Crippen LogP contribution in [-0.2, 0) is 20.2 Å². The van der Waals surface area contributed by atoms with Gasteiger partial charge in [0.05, 0.1) is 26.1 Å². The Morgan fingerprint density at radius 3 is 2.71 bits per heavy atom. The zero-order valence-corrected chi connectivity index (χ0v) is 17.3. The Bertz CT molecular complexity index is 893. The number of para-hydroxylation sites is 1. The molecule has 0 radical (unpaired) electrons. The summed E-state index contributed by atoms with van der Waals surface area (Å²) in [6.07, 6.45) is 1.48. The number of nitrogens with one attached hydrogen (secondary N) is 1. The van der Waals surface area contributed by atoms with E-state index in [0.29, 0.717) is 23.8 Å². The fourth-order valence-electron chi connectivity index (χ4n) is 2.78. The molecule has 9 nitrogen and oxygen atoms in total.